The van der Waals surface area contributed by atoms with Crippen LogP contribution < -0.4 is 10.6 Å². The van der Waals surface area contributed by atoms with Crippen LogP contribution in [0.3, 0.4) is 0 Å². The predicted molar refractivity (Wildman–Crippen MR) is 83.4 cm³/mol. The highest BCUT2D eigenvalue weighted by Gasteiger charge is 2.09. The number of hydrogen-bond donors (Lipinski definition) is 2. The minimum atomic E-state index is 0.748. The van der Waals surface area contributed by atoms with E-state index in [2.05, 4.69) is 44.8 Å². The topological polar surface area (TPSA) is 80.5 Å². The quantitative estimate of drug-likeness (QED) is 0.772. The van der Waals surface area contributed by atoms with Crippen LogP contribution in [-0.2, 0) is 13.0 Å². The first-order valence-corrected chi connectivity index (χ1v) is 7.44. The van der Waals surface area contributed by atoms with Gasteiger partial charge in [-0.1, -0.05) is 19.1 Å². The maximum absolute atomic E-state index is 4.57. The fourth-order valence-electron chi connectivity index (χ4n) is 1.95. The maximum Gasteiger partial charge on any atom is 0.134 e. The lowest BCUT2D eigenvalue weighted by atomic mass is 10.2. The van der Waals surface area contributed by atoms with Crippen molar-refractivity contribution in [1.29, 1.82) is 0 Å². The van der Waals surface area contributed by atoms with Gasteiger partial charge in [0, 0.05) is 31.3 Å². The minimum absolute atomic E-state index is 0.748. The first kappa shape index (κ1) is 15.2. The molecule has 0 amide bonds. The molecule has 0 aromatic carbocycles. The zero-order valence-electron chi connectivity index (χ0n) is 12.9. The van der Waals surface area contributed by atoms with Crippen molar-refractivity contribution in [2.75, 3.05) is 23.7 Å². The molecule has 0 fully saturated rings. The second kappa shape index (κ2) is 7.56. The number of nitrogens with zero attached hydrogens (tertiary/aromatic N) is 5. The van der Waals surface area contributed by atoms with Gasteiger partial charge in [0.05, 0.1) is 12.7 Å². The van der Waals surface area contributed by atoms with Crippen LogP contribution in [0.25, 0.3) is 0 Å². The number of nitrogens with one attached hydrogen (secondary N) is 2. The third-order valence-electron chi connectivity index (χ3n) is 3.16. The molecule has 114 valence electrons. The highest BCUT2D eigenvalue weighted by molar-refractivity contribution is 5.57. The van der Waals surface area contributed by atoms with E-state index in [1.165, 1.54) is 0 Å². The Bertz CT molecular complexity index is 551. The predicted octanol–water partition coefficient (Wildman–Crippen LogP) is 1.87. The van der Waals surface area contributed by atoms with Gasteiger partial charge < -0.3 is 10.6 Å². The molecule has 21 heavy (non-hydrogen) atoms. The number of aromatic nitrogens is 5. The zero-order chi connectivity index (χ0) is 15.1. The van der Waals surface area contributed by atoms with E-state index < -0.39 is 0 Å². The number of anilines is 2. The van der Waals surface area contributed by atoms with Gasteiger partial charge in [-0.15, -0.1) is 5.10 Å². The van der Waals surface area contributed by atoms with Crippen molar-refractivity contribution in [3.63, 3.8) is 0 Å². The minimum Gasteiger partial charge on any atom is -0.370 e. The molecule has 7 heteroatoms. The van der Waals surface area contributed by atoms with Crippen molar-refractivity contribution < 1.29 is 0 Å². The van der Waals surface area contributed by atoms with E-state index in [4.69, 9.17) is 0 Å². The molecule has 0 saturated heterocycles. The molecule has 0 bridgehead atoms. The second-order valence-corrected chi connectivity index (χ2v) is 4.84. The van der Waals surface area contributed by atoms with Crippen molar-refractivity contribution in [1.82, 2.24) is 25.0 Å². The lowest BCUT2D eigenvalue weighted by molar-refractivity contribution is 0.608. The van der Waals surface area contributed by atoms with Gasteiger partial charge in [0.25, 0.3) is 0 Å². The van der Waals surface area contributed by atoms with Gasteiger partial charge in [-0.2, -0.15) is 0 Å². The van der Waals surface area contributed by atoms with Crippen molar-refractivity contribution in [3.05, 3.63) is 23.8 Å². The molecule has 0 saturated carbocycles. The fraction of sp³-hybridized carbons (Fsp3) is 0.571. The standard InChI is InChI=1S/C14H23N7/c1-4-6-15-13-11(3)14(19-12(5-2)18-13)16-7-9-21-10-8-17-20-21/h8,10H,4-7,9H2,1-3H3,(H2,15,16,18,19). The van der Waals surface area contributed by atoms with Crippen molar-refractivity contribution >= 4 is 11.6 Å². The molecule has 0 unspecified atom stereocenters. The molecule has 0 aliphatic heterocycles. The van der Waals surface area contributed by atoms with Crippen molar-refractivity contribution in [3.8, 4) is 0 Å². The van der Waals surface area contributed by atoms with Crippen LogP contribution in [0.2, 0.25) is 0 Å². The molecule has 2 rings (SSSR count). The van der Waals surface area contributed by atoms with E-state index in [0.29, 0.717) is 0 Å². The molecule has 2 N–H and O–H groups in total. The summed E-state index contributed by atoms with van der Waals surface area (Å²) in [6.45, 7) is 8.66. The van der Waals surface area contributed by atoms with Crippen LogP contribution in [0.4, 0.5) is 11.6 Å². The van der Waals surface area contributed by atoms with E-state index in [-0.39, 0.29) is 0 Å². The Morgan fingerprint density at radius 3 is 2.38 bits per heavy atom. The first-order valence-electron chi connectivity index (χ1n) is 7.44. The summed E-state index contributed by atoms with van der Waals surface area (Å²) in [5.74, 6) is 2.66. The molecule has 2 aromatic rings. The molecule has 0 atom stereocenters. The van der Waals surface area contributed by atoms with Crippen LogP contribution in [0, 0.1) is 6.92 Å². The molecule has 2 heterocycles. The van der Waals surface area contributed by atoms with Crippen molar-refractivity contribution in [2.24, 2.45) is 0 Å². The van der Waals surface area contributed by atoms with Crippen LogP contribution in [0.5, 0.6) is 0 Å². The lowest BCUT2D eigenvalue weighted by Crippen LogP contribution is -2.15. The van der Waals surface area contributed by atoms with Gasteiger partial charge in [-0.05, 0) is 13.3 Å². The SMILES string of the molecule is CCCNc1nc(CC)nc(NCCn2ccnn2)c1C. The number of aryl methyl sites for hydroxylation is 1. The maximum atomic E-state index is 4.57. The van der Waals surface area contributed by atoms with Crippen LogP contribution in [-0.4, -0.2) is 38.1 Å². The van der Waals surface area contributed by atoms with Gasteiger partial charge in [-0.3, -0.25) is 4.68 Å². The van der Waals surface area contributed by atoms with Crippen LogP contribution >= 0.6 is 0 Å². The monoisotopic (exact) mass is 289 g/mol. The largest absolute Gasteiger partial charge is 0.370 e. The van der Waals surface area contributed by atoms with Gasteiger partial charge >= 0.3 is 0 Å². The summed E-state index contributed by atoms with van der Waals surface area (Å²) >= 11 is 0. The normalized spacial score (nSPS) is 10.6. The van der Waals surface area contributed by atoms with Gasteiger partial charge in [0.1, 0.15) is 17.5 Å². The molecular weight excluding hydrogens is 266 g/mol. The third kappa shape index (κ3) is 4.14. The summed E-state index contributed by atoms with van der Waals surface area (Å²) in [5.41, 5.74) is 1.05. The number of rotatable bonds is 8. The molecular formula is C14H23N7. The zero-order valence-corrected chi connectivity index (χ0v) is 12.9. The van der Waals surface area contributed by atoms with Crippen LogP contribution in [0.1, 0.15) is 31.7 Å². The summed E-state index contributed by atoms with van der Waals surface area (Å²) in [4.78, 5) is 9.13. The summed E-state index contributed by atoms with van der Waals surface area (Å²) in [7, 11) is 0. The smallest absolute Gasteiger partial charge is 0.134 e. The first-order chi connectivity index (χ1) is 10.2. The average Bonchev–Trinajstić information content (AvgIpc) is 3.01. The Labute approximate surface area is 125 Å². The van der Waals surface area contributed by atoms with Gasteiger partial charge in [0.2, 0.25) is 0 Å². The summed E-state index contributed by atoms with van der Waals surface area (Å²) < 4.78 is 1.79. The Kier molecular flexibility index (Phi) is 5.48. The average molecular weight is 289 g/mol. The Morgan fingerprint density at radius 2 is 1.81 bits per heavy atom. The number of hydrogen-bond acceptors (Lipinski definition) is 6. The summed E-state index contributed by atoms with van der Waals surface area (Å²) in [6.07, 6.45) is 5.41. The molecule has 7 nitrogen and oxygen atoms in total. The van der Waals surface area contributed by atoms with Crippen LogP contribution in [0.15, 0.2) is 12.4 Å². The van der Waals surface area contributed by atoms with E-state index in [1.807, 2.05) is 13.1 Å². The highest BCUT2D eigenvalue weighted by atomic mass is 15.4. The lowest BCUT2D eigenvalue weighted by Gasteiger charge is -2.14. The van der Waals surface area contributed by atoms with E-state index in [0.717, 1.165) is 55.5 Å². The summed E-state index contributed by atoms with van der Waals surface area (Å²) in [5, 5.41) is 14.5. The van der Waals surface area contributed by atoms with Gasteiger partial charge in [0.15, 0.2) is 0 Å². The van der Waals surface area contributed by atoms with Gasteiger partial charge in [-0.25, -0.2) is 9.97 Å². The molecule has 0 spiro atoms. The highest BCUT2D eigenvalue weighted by Crippen LogP contribution is 2.20. The summed E-state index contributed by atoms with van der Waals surface area (Å²) in [6, 6.07) is 0. The molecule has 2 aromatic heterocycles. The molecule has 0 radical (unpaired) electrons. The fourth-order valence-corrected chi connectivity index (χ4v) is 1.95. The van der Waals surface area contributed by atoms with E-state index >= 15 is 0 Å². The van der Waals surface area contributed by atoms with E-state index in [1.54, 1.807) is 10.9 Å². The van der Waals surface area contributed by atoms with Crippen molar-refractivity contribution in [2.45, 2.75) is 40.2 Å². The Hall–Kier alpha value is -2.18. The van der Waals surface area contributed by atoms with E-state index in [9.17, 15) is 0 Å². The Balaban J connectivity index is 2.05. The Morgan fingerprint density at radius 1 is 1.10 bits per heavy atom. The molecule has 0 aliphatic carbocycles. The second-order valence-electron chi connectivity index (χ2n) is 4.84. The third-order valence-corrected chi connectivity index (χ3v) is 3.16. The molecule has 0 aliphatic rings.